The summed E-state index contributed by atoms with van der Waals surface area (Å²) >= 11 is 0. The number of hydrogen-bond donors (Lipinski definition) is 0. The highest BCUT2D eigenvalue weighted by atomic mass is 31.2. The summed E-state index contributed by atoms with van der Waals surface area (Å²) in [6, 6.07) is 26.0. The van der Waals surface area contributed by atoms with E-state index in [0.29, 0.717) is 0 Å². The molecule has 2 nitrogen and oxygen atoms in total. The molecule has 1 aliphatic heterocycles. The highest BCUT2D eigenvalue weighted by Crippen LogP contribution is 2.53. The Morgan fingerprint density at radius 1 is 0.680 bits per heavy atom. The Balaban J connectivity index is 1.97. The molecule has 4 aromatic carbocycles. The summed E-state index contributed by atoms with van der Waals surface area (Å²) in [6.07, 6.45) is 0. The van der Waals surface area contributed by atoms with Crippen molar-refractivity contribution in [2.75, 3.05) is 14.1 Å². The molecule has 3 heteroatoms. The Bertz CT molecular complexity index is 1120. The van der Waals surface area contributed by atoms with Crippen LogP contribution in [0.1, 0.15) is 0 Å². The lowest BCUT2D eigenvalue weighted by atomic mass is 9.93. The molecule has 1 heterocycles. The molecule has 1 unspecified atom stereocenters. The van der Waals surface area contributed by atoms with Crippen LogP contribution in [0.3, 0.4) is 0 Å². The van der Waals surface area contributed by atoms with Crippen molar-refractivity contribution in [3.63, 3.8) is 0 Å². The van der Waals surface area contributed by atoms with E-state index in [1.54, 1.807) is 0 Å². The van der Waals surface area contributed by atoms with Gasteiger partial charge in [0.25, 0.3) is 0 Å². The van der Waals surface area contributed by atoms with Gasteiger partial charge < -0.3 is 4.52 Å². The third-order valence-corrected chi connectivity index (χ3v) is 6.68. The van der Waals surface area contributed by atoms with Crippen molar-refractivity contribution in [2.24, 2.45) is 0 Å². The van der Waals surface area contributed by atoms with Crippen molar-refractivity contribution in [3.05, 3.63) is 72.8 Å². The summed E-state index contributed by atoms with van der Waals surface area (Å²) < 4.78 is 8.66. The Morgan fingerprint density at radius 2 is 1.28 bits per heavy atom. The van der Waals surface area contributed by atoms with Crippen molar-refractivity contribution < 1.29 is 4.52 Å². The van der Waals surface area contributed by atoms with Gasteiger partial charge in [-0.15, -0.1) is 0 Å². The van der Waals surface area contributed by atoms with Gasteiger partial charge in [0.1, 0.15) is 5.75 Å². The van der Waals surface area contributed by atoms with Gasteiger partial charge in [-0.1, -0.05) is 60.7 Å². The molecule has 1 atom stereocenters. The zero-order chi connectivity index (χ0) is 17.0. The first-order valence-corrected chi connectivity index (χ1v) is 9.64. The lowest BCUT2D eigenvalue weighted by molar-refractivity contribution is 0.539. The Labute approximate surface area is 148 Å². The maximum Gasteiger partial charge on any atom is 0.197 e. The second kappa shape index (κ2) is 5.56. The predicted molar refractivity (Wildman–Crippen MR) is 108 cm³/mol. The Hall–Kier alpha value is -2.41. The van der Waals surface area contributed by atoms with Gasteiger partial charge in [-0.2, -0.15) is 0 Å². The normalized spacial score (nSPS) is 15.9. The molecular weight excluding hydrogens is 325 g/mol. The molecule has 4 aromatic rings. The van der Waals surface area contributed by atoms with Gasteiger partial charge in [-0.25, -0.2) is 0 Å². The van der Waals surface area contributed by atoms with E-state index in [1.807, 2.05) is 0 Å². The highest BCUT2D eigenvalue weighted by Gasteiger charge is 2.31. The molecule has 0 amide bonds. The van der Waals surface area contributed by atoms with E-state index in [0.717, 1.165) is 5.75 Å². The number of benzene rings is 4. The molecule has 0 spiro atoms. The number of hydrogen-bond acceptors (Lipinski definition) is 2. The molecule has 5 rings (SSSR count). The second-order valence-electron chi connectivity index (χ2n) is 6.55. The van der Waals surface area contributed by atoms with Gasteiger partial charge >= 0.3 is 0 Å². The smallest absolute Gasteiger partial charge is 0.197 e. The SMILES string of the molecule is CN(C)P1Oc2ccc3ccccc3c2-c2c1ccc1ccccc21. The molecule has 0 N–H and O–H groups in total. The van der Waals surface area contributed by atoms with E-state index in [-0.39, 0.29) is 0 Å². The molecular formula is C22H18NOP. The van der Waals surface area contributed by atoms with E-state index in [9.17, 15) is 0 Å². The lowest BCUT2D eigenvalue weighted by Crippen LogP contribution is -2.23. The van der Waals surface area contributed by atoms with Crippen molar-refractivity contribution in [3.8, 4) is 16.9 Å². The summed E-state index contributed by atoms with van der Waals surface area (Å²) in [5, 5.41) is 6.37. The minimum Gasteiger partial charge on any atom is -0.453 e. The first-order chi connectivity index (χ1) is 12.2. The Kier molecular flexibility index (Phi) is 3.31. The molecule has 0 aromatic heterocycles. The zero-order valence-electron chi connectivity index (χ0n) is 14.2. The van der Waals surface area contributed by atoms with Crippen LogP contribution in [0, 0.1) is 0 Å². The van der Waals surface area contributed by atoms with Crippen LogP contribution in [0.5, 0.6) is 5.75 Å². The fraction of sp³-hybridized carbons (Fsp3) is 0.0909. The quantitative estimate of drug-likeness (QED) is 0.420. The minimum atomic E-state index is -0.828. The molecule has 25 heavy (non-hydrogen) atoms. The van der Waals surface area contributed by atoms with E-state index in [1.165, 1.54) is 38.0 Å². The van der Waals surface area contributed by atoms with Crippen LogP contribution in [0.2, 0.25) is 0 Å². The average molecular weight is 343 g/mol. The standard InChI is InChI=1S/C22H18NOP/c1-23(2)25-20-14-12-16-8-4-6-10-18(16)22(20)21-17-9-5-3-7-15(17)11-13-19(21)24-25/h3-14H,1-2H3. The molecule has 0 saturated carbocycles. The van der Waals surface area contributed by atoms with Gasteiger partial charge in [0.2, 0.25) is 0 Å². The van der Waals surface area contributed by atoms with Crippen LogP contribution >= 0.6 is 8.30 Å². The third kappa shape index (κ3) is 2.18. The Morgan fingerprint density at radius 3 is 1.96 bits per heavy atom. The maximum atomic E-state index is 6.47. The third-order valence-electron chi connectivity index (χ3n) is 4.80. The van der Waals surface area contributed by atoms with Crippen LogP contribution in [-0.4, -0.2) is 18.8 Å². The van der Waals surface area contributed by atoms with Crippen LogP contribution in [0.15, 0.2) is 72.8 Å². The molecule has 0 saturated heterocycles. The van der Waals surface area contributed by atoms with Gasteiger partial charge in [0.15, 0.2) is 8.30 Å². The summed E-state index contributed by atoms with van der Waals surface area (Å²) in [7, 11) is 3.36. The molecule has 0 radical (unpaired) electrons. The fourth-order valence-corrected chi connectivity index (χ4v) is 5.36. The summed E-state index contributed by atoms with van der Waals surface area (Å²) in [5.74, 6) is 0.988. The molecule has 122 valence electrons. The van der Waals surface area contributed by atoms with Crippen LogP contribution in [0.25, 0.3) is 32.7 Å². The van der Waals surface area contributed by atoms with Crippen LogP contribution in [0.4, 0.5) is 0 Å². The van der Waals surface area contributed by atoms with Gasteiger partial charge in [0, 0.05) is 16.4 Å². The van der Waals surface area contributed by atoms with Crippen LogP contribution in [-0.2, 0) is 0 Å². The first kappa shape index (κ1) is 14.9. The zero-order valence-corrected chi connectivity index (χ0v) is 15.1. The lowest BCUT2D eigenvalue weighted by Gasteiger charge is -2.33. The molecule has 0 bridgehead atoms. The summed E-state index contributed by atoms with van der Waals surface area (Å²) in [4.78, 5) is 0. The largest absolute Gasteiger partial charge is 0.453 e. The summed E-state index contributed by atoms with van der Waals surface area (Å²) in [5.41, 5.74) is 2.56. The maximum absolute atomic E-state index is 6.47. The highest BCUT2D eigenvalue weighted by molar-refractivity contribution is 7.59. The van der Waals surface area contributed by atoms with Crippen molar-refractivity contribution in [1.29, 1.82) is 0 Å². The number of fused-ring (bicyclic) bond motifs is 7. The second-order valence-corrected chi connectivity index (χ2v) is 8.56. The van der Waals surface area contributed by atoms with Crippen LogP contribution < -0.4 is 9.83 Å². The van der Waals surface area contributed by atoms with Crippen molar-refractivity contribution in [2.45, 2.75) is 0 Å². The molecule has 1 aliphatic rings. The fourth-order valence-electron chi connectivity index (χ4n) is 3.71. The number of rotatable bonds is 1. The molecule has 0 fully saturated rings. The topological polar surface area (TPSA) is 12.5 Å². The minimum absolute atomic E-state index is 0.828. The molecule has 0 aliphatic carbocycles. The summed E-state index contributed by atoms with van der Waals surface area (Å²) in [6.45, 7) is 0. The van der Waals surface area contributed by atoms with Gasteiger partial charge in [-0.05, 0) is 47.8 Å². The average Bonchev–Trinajstić information content (AvgIpc) is 2.66. The van der Waals surface area contributed by atoms with Crippen molar-refractivity contribution in [1.82, 2.24) is 4.67 Å². The van der Waals surface area contributed by atoms with E-state index < -0.39 is 8.30 Å². The van der Waals surface area contributed by atoms with E-state index in [2.05, 4.69) is 91.6 Å². The monoisotopic (exact) mass is 343 g/mol. The first-order valence-electron chi connectivity index (χ1n) is 8.43. The predicted octanol–water partition coefficient (Wildman–Crippen LogP) is 5.55. The van der Waals surface area contributed by atoms with Gasteiger partial charge in [-0.3, -0.25) is 4.67 Å². The van der Waals surface area contributed by atoms with Gasteiger partial charge in [0.05, 0.1) is 0 Å². The van der Waals surface area contributed by atoms with E-state index >= 15 is 0 Å². The van der Waals surface area contributed by atoms with Crippen molar-refractivity contribution >= 4 is 35.1 Å². The number of nitrogens with zero attached hydrogens (tertiary/aromatic N) is 1. The van der Waals surface area contributed by atoms with E-state index in [4.69, 9.17) is 4.52 Å².